The third-order valence-electron chi connectivity index (χ3n) is 7.64. The molecule has 0 amide bonds. The number of piperidine rings is 1. The standard InChI is InChI=1S/C28H31FN8O2/c1-17-21(13-30-28(31-17)39-3)27-20-12-19(9-10-24(20)32-34-27)37-16-25(33-35-37)18-6-5-11-36(14-18)15-22-23(29)7-4-8-26(22)38-2/h4,7-10,12-13,16-18,21H,5-6,11,14-15H2,1-3H3,(H,32,34)/t17?,18-,21?/m1/s1. The topological polar surface area (TPSA) is 106 Å². The Hall–Kier alpha value is -4.12. The molecule has 2 aliphatic rings. The van der Waals surface area contributed by atoms with Gasteiger partial charge in [-0.25, -0.2) is 19.1 Å². The van der Waals surface area contributed by atoms with Crippen molar-refractivity contribution in [2.45, 2.75) is 44.2 Å². The average molecular weight is 531 g/mol. The SMILES string of the molecule is COC1=NC(C)C(c2[nH]nc3ccc(-n4cc([C@@H]5CCCN(Cc6c(F)cccc6OC)C5)nn4)cc23)C=N1. The number of nitrogens with one attached hydrogen (secondary N) is 1. The van der Waals surface area contributed by atoms with Gasteiger partial charge in [0.15, 0.2) is 0 Å². The van der Waals surface area contributed by atoms with Crippen LogP contribution in [0, 0.1) is 5.82 Å². The largest absolute Gasteiger partial charge is 0.496 e. The number of fused-ring (bicyclic) bond motifs is 1. The predicted octanol–water partition coefficient (Wildman–Crippen LogP) is 4.23. The van der Waals surface area contributed by atoms with Crippen LogP contribution in [0.3, 0.4) is 0 Å². The highest BCUT2D eigenvalue weighted by Gasteiger charge is 2.27. The molecule has 0 spiro atoms. The fourth-order valence-corrected chi connectivity index (χ4v) is 5.53. The van der Waals surface area contributed by atoms with Crippen molar-refractivity contribution in [1.29, 1.82) is 0 Å². The van der Waals surface area contributed by atoms with Crippen LogP contribution in [0.25, 0.3) is 16.6 Å². The molecule has 2 aromatic carbocycles. The van der Waals surface area contributed by atoms with E-state index in [0.29, 0.717) is 23.9 Å². The molecule has 0 saturated carbocycles. The van der Waals surface area contributed by atoms with E-state index in [2.05, 4.69) is 41.5 Å². The molecule has 1 saturated heterocycles. The highest BCUT2D eigenvalue weighted by Crippen LogP contribution is 2.31. The lowest BCUT2D eigenvalue weighted by Gasteiger charge is -2.32. The average Bonchev–Trinajstić information content (AvgIpc) is 3.62. The van der Waals surface area contributed by atoms with Gasteiger partial charge in [-0.15, -0.1) is 5.10 Å². The first-order chi connectivity index (χ1) is 19.0. The van der Waals surface area contributed by atoms with Crippen molar-refractivity contribution < 1.29 is 13.9 Å². The first kappa shape index (κ1) is 25.2. The van der Waals surface area contributed by atoms with Crippen LogP contribution in [0.5, 0.6) is 5.75 Å². The summed E-state index contributed by atoms with van der Waals surface area (Å²) in [5.74, 6) is 0.510. The van der Waals surface area contributed by atoms with Gasteiger partial charge in [-0.1, -0.05) is 11.3 Å². The maximum Gasteiger partial charge on any atom is 0.311 e. The first-order valence-electron chi connectivity index (χ1n) is 13.1. The van der Waals surface area contributed by atoms with Crippen LogP contribution in [0.1, 0.15) is 48.6 Å². The highest BCUT2D eigenvalue weighted by atomic mass is 19.1. The summed E-state index contributed by atoms with van der Waals surface area (Å²) >= 11 is 0. The molecule has 4 aromatic rings. The maximum atomic E-state index is 14.5. The minimum absolute atomic E-state index is 0.0405. The molecular weight excluding hydrogens is 499 g/mol. The van der Waals surface area contributed by atoms with Gasteiger partial charge in [0.2, 0.25) is 0 Å². The summed E-state index contributed by atoms with van der Waals surface area (Å²) in [5.41, 5.74) is 4.24. The summed E-state index contributed by atoms with van der Waals surface area (Å²) in [7, 11) is 3.15. The Labute approximate surface area is 225 Å². The Bertz CT molecular complexity index is 1540. The van der Waals surface area contributed by atoms with Crippen LogP contribution in [0.15, 0.2) is 52.6 Å². The van der Waals surface area contributed by atoms with Gasteiger partial charge < -0.3 is 9.47 Å². The summed E-state index contributed by atoms with van der Waals surface area (Å²) in [5, 5.41) is 17.6. The molecule has 0 radical (unpaired) electrons. The zero-order valence-electron chi connectivity index (χ0n) is 22.2. The first-order valence-corrected chi connectivity index (χ1v) is 13.1. The van der Waals surface area contributed by atoms with Gasteiger partial charge in [0.1, 0.15) is 11.6 Å². The second-order valence-corrected chi connectivity index (χ2v) is 10.1. The number of likely N-dealkylation sites (tertiary alicyclic amines) is 1. The number of aromatic amines is 1. The third-order valence-corrected chi connectivity index (χ3v) is 7.64. The molecule has 2 unspecified atom stereocenters. The van der Waals surface area contributed by atoms with E-state index in [1.807, 2.05) is 36.1 Å². The zero-order valence-corrected chi connectivity index (χ0v) is 22.2. The molecule has 3 atom stereocenters. The fourth-order valence-electron chi connectivity index (χ4n) is 5.53. The number of benzene rings is 2. The van der Waals surface area contributed by atoms with Crippen molar-refractivity contribution >= 4 is 23.1 Å². The van der Waals surface area contributed by atoms with Gasteiger partial charge in [-0.2, -0.15) is 5.10 Å². The van der Waals surface area contributed by atoms with Gasteiger partial charge in [0.05, 0.1) is 55.0 Å². The van der Waals surface area contributed by atoms with Gasteiger partial charge >= 0.3 is 6.02 Å². The molecule has 4 heterocycles. The predicted molar refractivity (Wildman–Crippen MR) is 146 cm³/mol. The molecular formula is C28H31FN8O2. The van der Waals surface area contributed by atoms with E-state index in [0.717, 1.165) is 53.9 Å². The van der Waals surface area contributed by atoms with E-state index in [4.69, 9.17) is 9.47 Å². The summed E-state index contributed by atoms with van der Waals surface area (Å²) in [6.07, 6.45) is 5.87. The molecule has 0 aliphatic carbocycles. The molecule has 11 heteroatoms. The van der Waals surface area contributed by atoms with Gasteiger partial charge in [0, 0.05) is 36.2 Å². The Morgan fingerprint density at radius 2 is 2.05 bits per heavy atom. The zero-order chi connectivity index (χ0) is 26.9. The Balaban J connectivity index is 1.21. The molecule has 202 valence electrons. The second-order valence-electron chi connectivity index (χ2n) is 10.1. The number of ether oxygens (including phenoxy) is 2. The minimum atomic E-state index is -0.240. The lowest BCUT2D eigenvalue weighted by atomic mass is 9.94. The van der Waals surface area contributed by atoms with Crippen molar-refractivity contribution in [3.05, 3.63) is 65.4 Å². The number of hydrogen-bond acceptors (Lipinski definition) is 8. The lowest BCUT2D eigenvalue weighted by Crippen LogP contribution is -2.34. The summed E-state index contributed by atoms with van der Waals surface area (Å²) in [4.78, 5) is 11.1. The number of amidine groups is 1. The highest BCUT2D eigenvalue weighted by molar-refractivity contribution is 5.92. The fraction of sp³-hybridized carbons (Fsp3) is 0.393. The number of aromatic nitrogens is 5. The number of halogens is 1. The van der Waals surface area contributed by atoms with E-state index in [1.165, 1.54) is 6.07 Å². The monoisotopic (exact) mass is 530 g/mol. The van der Waals surface area contributed by atoms with E-state index in [-0.39, 0.29) is 23.7 Å². The van der Waals surface area contributed by atoms with E-state index in [9.17, 15) is 4.39 Å². The van der Waals surface area contributed by atoms with Crippen LogP contribution in [-0.2, 0) is 11.3 Å². The summed E-state index contributed by atoms with van der Waals surface area (Å²) < 4.78 is 26.9. The van der Waals surface area contributed by atoms with Crippen molar-refractivity contribution in [3.8, 4) is 11.4 Å². The molecule has 6 rings (SSSR count). The van der Waals surface area contributed by atoms with Crippen LogP contribution in [0.2, 0.25) is 0 Å². The minimum Gasteiger partial charge on any atom is -0.496 e. The molecule has 10 nitrogen and oxygen atoms in total. The lowest BCUT2D eigenvalue weighted by molar-refractivity contribution is 0.194. The van der Waals surface area contributed by atoms with Gasteiger partial charge in [0.25, 0.3) is 0 Å². The second kappa shape index (κ2) is 10.6. The molecule has 0 bridgehead atoms. The van der Waals surface area contributed by atoms with Crippen LogP contribution >= 0.6 is 0 Å². The summed E-state index contributed by atoms with van der Waals surface area (Å²) in [6, 6.07) is 11.3. The van der Waals surface area contributed by atoms with Crippen LogP contribution in [0.4, 0.5) is 4.39 Å². The van der Waals surface area contributed by atoms with Crippen molar-refractivity contribution in [2.75, 3.05) is 27.3 Å². The number of methoxy groups -OCH3 is 2. The molecule has 39 heavy (non-hydrogen) atoms. The van der Waals surface area contributed by atoms with Gasteiger partial charge in [-0.3, -0.25) is 10.00 Å². The van der Waals surface area contributed by atoms with Crippen LogP contribution in [-0.4, -0.2) is 75.7 Å². The smallest absolute Gasteiger partial charge is 0.311 e. The maximum absolute atomic E-state index is 14.5. The Kier molecular flexibility index (Phi) is 6.82. The number of rotatable bonds is 6. The van der Waals surface area contributed by atoms with E-state index in [1.54, 1.807) is 26.4 Å². The van der Waals surface area contributed by atoms with Crippen molar-refractivity contribution in [2.24, 2.45) is 9.98 Å². The Morgan fingerprint density at radius 3 is 2.87 bits per heavy atom. The van der Waals surface area contributed by atoms with Crippen LogP contribution < -0.4 is 4.74 Å². The molecule has 2 aliphatic heterocycles. The van der Waals surface area contributed by atoms with Gasteiger partial charge in [-0.05, 0) is 56.6 Å². The third kappa shape index (κ3) is 4.89. The number of nitrogens with zero attached hydrogens (tertiary/aromatic N) is 7. The normalized spacial score (nSPS) is 21.7. The molecule has 1 N–H and O–H groups in total. The number of hydrogen-bond donors (Lipinski definition) is 1. The van der Waals surface area contributed by atoms with Crippen molar-refractivity contribution in [3.63, 3.8) is 0 Å². The quantitative estimate of drug-likeness (QED) is 0.400. The molecule has 1 fully saturated rings. The number of aliphatic imine (C=N–C) groups is 2. The van der Waals surface area contributed by atoms with Crippen molar-refractivity contribution in [1.82, 2.24) is 30.1 Å². The number of H-pyrrole nitrogens is 1. The molecule has 2 aromatic heterocycles. The van der Waals surface area contributed by atoms with E-state index < -0.39 is 0 Å². The Morgan fingerprint density at radius 1 is 1.15 bits per heavy atom. The van der Waals surface area contributed by atoms with E-state index >= 15 is 0 Å². The summed E-state index contributed by atoms with van der Waals surface area (Å²) in [6.45, 7) is 4.22.